The third-order valence-electron chi connectivity index (χ3n) is 4.54. The molecule has 0 aromatic heterocycles. The Balaban J connectivity index is 1.74. The summed E-state index contributed by atoms with van der Waals surface area (Å²) in [5.41, 5.74) is 0. The van der Waals surface area contributed by atoms with Crippen LogP contribution in [0.1, 0.15) is 51.9 Å². The van der Waals surface area contributed by atoms with E-state index in [1.54, 1.807) is 0 Å². The average Bonchev–Trinajstić information content (AvgIpc) is 2.37. The maximum absolute atomic E-state index is 12.1. The summed E-state index contributed by atoms with van der Waals surface area (Å²) in [4.78, 5) is 0. The Morgan fingerprint density at radius 3 is 2.58 bits per heavy atom. The Morgan fingerprint density at radius 1 is 1.16 bits per heavy atom. The second kappa shape index (κ2) is 7.04. The Hall–Kier alpha value is -0.130. The van der Waals surface area contributed by atoms with E-state index in [-0.39, 0.29) is 6.04 Å². The number of rotatable bonds is 5. The lowest BCUT2D eigenvalue weighted by molar-refractivity contribution is 0.326. The van der Waals surface area contributed by atoms with E-state index in [0.29, 0.717) is 17.6 Å². The normalized spacial score (nSPS) is 30.4. The number of nitrogens with one attached hydrogen (secondary N) is 2. The van der Waals surface area contributed by atoms with E-state index in [4.69, 9.17) is 0 Å². The van der Waals surface area contributed by atoms with Crippen molar-refractivity contribution in [2.24, 2.45) is 11.8 Å². The van der Waals surface area contributed by atoms with Crippen molar-refractivity contribution in [2.45, 2.75) is 57.9 Å². The highest BCUT2D eigenvalue weighted by Crippen LogP contribution is 2.24. The Morgan fingerprint density at radius 2 is 1.89 bits per heavy atom. The summed E-state index contributed by atoms with van der Waals surface area (Å²) >= 11 is 0. The van der Waals surface area contributed by atoms with Crippen molar-refractivity contribution in [1.29, 1.82) is 0 Å². The highest BCUT2D eigenvalue weighted by molar-refractivity contribution is 7.89. The molecule has 1 saturated heterocycles. The molecule has 0 bridgehead atoms. The molecule has 0 amide bonds. The van der Waals surface area contributed by atoms with Crippen LogP contribution in [0.3, 0.4) is 0 Å². The number of hydrogen-bond acceptors (Lipinski definition) is 3. The molecule has 2 atom stereocenters. The van der Waals surface area contributed by atoms with Gasteiger partial charge in [0.1, 0.15) is 0 Å². The van der Waals surface area contributed by atoms with E-state index < -0.39 is 10.0 Å². The monoisotopic (exact) mass is 288 g/mol. The number of piperidine rings is 1. The molecule has 1 aliphatic carbocycles. The summed E-state index contributed by atoms with van der Waals surface area (Å²) in [5.74, 6) is 1.55. The van der Waals surface area contributed by atoms with Gasteiger partial charge in [-0.2, -0.15) is 0 Å². The summed E-state index contributed by atoms with van der Waals surface area (Å²) in [7, 11) is -3.07. The zero-order chi connectivity index (χ0) is 13.7. The lowest BCUT2D eigenvalue weighted by atomic mass is 9.88. The largest absolute Gasteiger partial charge is 0.317 e. The van der Waals surface area contributed by atoms with Crippen LogP contribution < -0.4 is 10.0 Å². The van der Waals surface area contributed by atoms with Gasteiger partial charge < -0.3 is 5.32 Å². The first-order chi connectivity index (χ1) is 9.05. The third-order valence-corrected chi connectivity index (χ3v) is 6.00. The van der Waals surface area contributed by atoms with Crippen molar-refractivity contribution in [1.82, 2.24) is 10.0 Å². The fourth-order valence-corrected chi connectivity index (χ4v) is 4.83. The minimum absolute atomic E-state index is 0.182. The SMILES string of the molecule is CC1CCCC(NS(=O)(=O)CCC2CCNCC2)C1. The van der Waals surface area contributed by atoms with Gasteiger partial charge >= 0.3 is 0 Å². The van der Waals surface area contributed by atoms with E-state index >= 15 is 0 Å². The van der Waals surface area contributed by atoms with Crippen LogP contribution in [-0.4, -0.2) is 33.3 Å². The third kappa shape index (κ3) is 5.40. The number of sulfonamides is 1. The second-order valence-corrected chi connectivity index (χ2v) is 8.26. The van der Waals surface area contributed by atoms with Gasteiger partial charge in [0.25, 0.3) is 0 Å². The molecule has 0 aromatic carbocycles. The first-order valence-corrected chi connectivity index (χ1v) is 9.41. The Bertz CT molecular complexity index is 364. The lowest BCUT2D eigenvalue weighted by Gasteiger charge is -2.28. The molecular weight excluding hydrogens is 260 g/mol. The van der Waals surface area contributed by atoms with Crippen LogP contribution in [0.4, 0.5) is 0 Å². The Labute approximate surface area is 117 Å². The van der Waals surface area contributed by atoms with Gasteiger partial charge in [0.2, 0.25) is 10.0 Å². The van der Waals surface area contributed by atoms with E-state index in [2.05, 4.69) is 17.0 Å². The van der Waals surface area contributed by atoms with E-state index in [0.717, 1.165) is 51.6 Å². The van der Waals surface area contributed by atoms with Crippen molar-refractivity contribution in [3.05, 3.63) is 0 Å². The molecule has 112 valence electrons. The average molecular weight is 288 g/mol. The van der Waals surface area contributed by atoms with Crippen molar-refractivity contribution < 1.29 is 8.42 Å². The molecule has 2 rings (SSSR count). The highest BCUT2D eigenvalue weighted by Gasteiger charge is 2.24. The standard InChI is InChI=1S/C14H28N2O2S/c1-12-3-2-4-14(11-12)16-19(17,18)10-7-13-5-8-15-9-6-13/h12-16H,2-11H2,1H3. The smallest absolute Gasteiger partial charge is 0.211 e. The lowest BCUT2D eigenvalue weighted by Crippen LogP contribution is -2.39. The summed E-state index contributed by atoms with van der Waals surface area (Å²) in [5, 5.41) is 3.32. The molecule has 2 N–H and O–H groups in total. The van der Waals surface area contributed by atoms with Gasteiger partial charge in [-0.05, 0) is 57.0 Å². The van der Waals surface area contributed by atoms with E-state index in [1.807, 2.05) is 0 Å². The molecule has 5 heteroatoms. The van der Waals surface area contributed by atoms with E-state index in [1.165, 1.54) is 6.42 Å². The quantitative estimate of drug-likeness (QED) is 0.812. The van der Waals surface area contributed by atoms with Crippen LogP contribution in [0.5, 0.6) is 0 Å². The van der Waals surface area contributed by atoms with Crippen LogP contribution in [0.25, 0.3) is 0 Å². The van der Waals surface area contributed by atoms with Gasteiger partial charge in [-0.1, -0.05) is 19.8 Å². The van der Waals surface area contributed by atoms with Gasteiger partial charge in [0.05, 0.1) is 5.75 Å². The van der Waals surface area contributed by atoms with Crippen LogP contribution in [0.2, 0.25) is 0 Å². The maximum atomic E-state index is 12.1. The van der Waals surface area contributed by atoms with Crippen molar-refractivity contribution in [2.75, 3.05) is 18.8 Å². The van der Waals surface area contributed by atoms with Gasteiger partial charge in [-0.3, -0.25) is 0 Å². The highest BCUT2D eigenvalue weighted by atomic mass is 32.2. The Kier molecular flexibility index (Phi) is 5.66. The first-order valence-electron chi connectivity index (χ1n) is 7.76. The van der Waals surface area contributed by atoms with Crippen LogP contribution in [0, 0.1) is 11.8 Å². The van der Waals surface area contributed by atoms with Gasteiger partial charge in [-0.15, -0.1) is 0 Å². The molecule has 4 nitrogen and oxygen atoms in total. The van der Waals surface area contributed by atoms with Gasteiger partial charge in [0, 0.05) is 6.04 Å². The molecule has 0 spiro atoms. The first kappa shape index (κ1) is 15.3. The van der Waals surface area contributed by atoms with Crippen molar-refractivity contribution in [3.63, 3.8) is 0 Å². The molecule has 0 radical (unpaired) electrons. The van der Waals surface area contributed by atoms with Crippen molar-refractivity contribution in [3.8, 4) is 0 Å². The van der Waals surface area contributed by atoms with Crippen LogP contribution >= 0.6 is 0 Å². The molecular formula is C14H28N2O2S. The van der Waals surface area contributed by atoms with Gasteiger partial charge in [0.15, 0.2) is 0 Å². The molecule has 1 heterocycles. The maximum Gasteiger partial charge on any atom is 0.211 e. The summed E-state index contributed by atoms with van der Waals surface area (Å²) in [6.45, 7) is 4.30. The van der Waals surface area contributed by atoms with E-state index in [9.17, 15) is 8.42 Å². The molecule has 2 fully saturated rings. The molecule has 2 aliphatic rings. The summed E-state index contributed by atoms with van der Waals surface area (Å²) in [6.07, 6.45) is 7.48. The molecule has 2 unspecified atom stereocenters. The second-order valence-electron chi connectivity index (χ2n) is 6.39. The van der Waals surface area contributed by atoms with Gasteiger partial charge in [-0.25, -0.2) is 13.1 Å². The topological polar surface area (TPSA) is 58.2 Å². The molecule has 1 saturated carbocycles. The summed E-state index contributed by atoms with van der Waals surface area (Å²) in [6, 6.07) is 0.182. The predicted molar refractivity (Wildman–Crippen MR) is 78.6 cm³/mol. The molecule has 19 heavy (non-hydrogen) atoms. The fourth-order valence-electron chi connectivity index (χ4n) is 3.35. The van der Waals surface area contributed by atoms with Crippen LogP contribution in [-0.2, 0) is 10.0 Å². The minimum atomic E-state index is -3.07. The number of hydrogen-bond donors (Lipinski definition) is 2. The van der Waals surface area contributed by atoms with Crippen LogP contribution in [0.15, 0.2) is 0 Å². The zero-order valence-electron chi connectivity index (χ0n) is 12.0. The minimum Gasteiger partial charge on any atom is -0.317 e. The fraction of sp³-hybridized carbons (Fsp3) is 1.00. The predicted octanol–water partition coefficient (Wildman–Crippen LogP) is 1.87. The molecule has 1 aliphatic heterocycles. The summed E-state index contributed by atoms with van der Waals surface area (Å²) < 4.78 is 27.2. The van der Waals surface area contributed by atoms with Crippen molar-refractivity contribution >= 4 is 10.0 Å². The molecule has 0 aromatic rings. The zero-order valence-corrected chi connectivity index (χ0v) is 12.8.